The Bertz CT molecular complexity index is 2830. The fraction of sp³-hybridized carbons (Fsp3) is 0.0588. The van der Waals surface area contributed by atoms with Crippen LogP contribution in [0.2, 0.25) is 0 Å². The molecule has 1 heterocycles. The van der Waals surface area contributed by atoms with Crippen LogP contribution >= 0.6 is 0 Å². The Labute approximate surface area is 315 Å². The highest BCUT2D eigenvalue weighted by atomic mass is 15.2. The van der Waals surface area contributed by atoms with Crippen LogP contribution < -0.4 is 9.80 Å². The van der Waals surface area contributed by atoms with Crippen molar-refractivity contribution in [2.45, 2.75) is 18.9 Å². The Balaban J connectivity index is 1.28. The van der Waals surface area contributed by atoms with Crippen molar-refractivity contribution in [1.82, 2.24) is 4.57 Å². The molecule has 258 valence electrons. The van der Waals surface area contributed by atoms with Gasteiger partial charge in [0.1, 0.15) is 0 Å². The smallest absolute Gasteiger partial charge is 0.0642 e. The SMILES string of the molecule is CC1(N(c2ccccc2)c2ccc3c(c2)c2cc(N(c4ccccc4)c4ccccc4)ccc2n3-c2cc3ccccc3c3ccccc23)C=CC=CC1. The lowest BCUT2D eigenvalue weighted by Gasteiger charge is -2.41. The molecule has 10 rings (SSSR count). The first-order valence-electron chi connectivity index (χ1n) is 18.8. The summed E-state index contributed by atoms with van der Waals surface area (Å²) in [6.07, 6.45) is 9.86. The van der Waals surface area contributed by atoms with Crippen LogP contribution in [0.5, 0.6) is 0 Å². The van der Waals surface area contributed by atoms with E-state index in [2.05, 4.69) is 228 Å². The summed E-state index contributed by atoms with van der Waals surface area (Å²) < 4.78 is 2.49. The van der Waals surface area contributed by atoms with Gasteiger partial charge in [-0.05, 0) is 108 Å². The van der Waals surface area contributed by atoms with Crippen LogP contribution in [-0.4, -0.2) is 10.1 Å². The predicted molar refractivity (Wildman–Crippen MR) is 230 cm³/mol. The molecule has 8 aromatic carbocycles. The highest BCUT2D eigenvalue weighted by Crippen LogP contribution is 2.44. The van der Waals surface area contributed by atoms with Gasteiger partial charge in [0.15, 0.2) is 0 Å². The number of anilines is 5. The van der Waals surface area contributed by atoms with Crippen molar-refractivity contribution in [3.63, 3.8) is 0 Å². The van der Waals surface area contributed by atoms with E-state index in [1.165, 1.54) is 54.7 Å². The van der Waals surface area contributed by atoms with Crippen LogP contribution in [0.3, 0.4) is 0 Å². The Morgan fingerprint density at radius 1 is 0.444 bits per heavy atom. The minimum Gasteiger partial charge on any atom is -0.332 e. The minimum absolute atomic E-state index is 0.237. The molecule has 1 aliphatic carbocycles. The molecular formula is C51H39N3. The van der Waals surface area contributed by atoms with Crippen molar-refractivity contribution >= 4 is 71.8 Å². The first-order chi connectivity index (χ1) is 26.7. The Kier molecular flexibility index (Phi) is 7.66. The zero-order chi connectivity index (χ0) is 36.1. The van der Waals surface area contributed by atoms with E-state index >= 15 is 0 Å². The first-order valence-corrected chi connectivity index (χ1v) is 18.8. The van der Waals surface area contributed by atoms with Crippen molar-refractivity contribution < 1.29 is 0 Å². The quantitative estimate of drug-likeness (QED) is 0.154. The van der Waals surface area contributed by atoms with Crippen LogP contribution in [0.25, 0.3) is 49.0 Å². The molecule has 0 spiro atoms. The van der Waals surface area contributed by atoms with Gasteiger partial charge in [-0.3, -0.25) is 0 Å². The van der Waals surface area contributed by atoms with Crippen molar-refractivity contribution in [2.75, 3.05) is 9.80 Å². The van der Waals surface area contributed by atoms with Crippen LogP contribution in [0.4, 0.5) is 28.4 Å². The lowest BCUT2D eigenvalue weighted by atomic mass is 9.90. The highest BCUT2D eigenvalue weighted by Gasteiger charge is 2.31. The van der Waals surface area contributed by atoms with Gasteiger partial charge < -0.3 is 14.4 Å². The molecule has 0 fully saturated rings. The monoisotopic (exact) mass is 693 g/mol. The largest absolute Gasteiger partial charge is 0.332 e. The van der Waals surface area contributed by atoms with E-state index in [0.29, 0.717) is 0 Å². The highest BCUT2D eigenvalue weighted by molar-refractivity contribution is 6.16. The van der Waals surface area contributed by atoms with E-state index in [9.17, 15) is 0 Å². The van der Waals surface area contributed by atoms with Crippen molar-refractivity contribution in [2.24, 2.45) is 0 Å². The maximum Gasteiger partial charge on any atom is 0.0642 e. The van der Waals surface area contributed by atoms with Gasteiger partial charge in [-0.15, -0.1) is 0 Å². The van der Waals surface area contributed by atoms with E-state index in [1.807, 2.05) is 0 Å². The number of aromatic nitrogens is 1. The molecule has 1 unspecified atom stereocenters. The molecule has 9 aromatic rings. The van der Waals surface area contributed by atoms with Gasteiger partial charge in [-0.2, -0.15) is 0 Å². The summed E-state index contributed by atoms with van der Waals surface area (Å²) in [7, 11) is 0. The van der Waals surface area contributed by atoms with E-state index in [-0.39, 0.29) is 5.54 Å². The van der Waals surface area contributed by atoms with E-state index in [1.54, 1.807) is 0 Å². The topological polar surface area (TPSA) is 11.4 Å². The third-order valence-corrected chi connectivity index (χ3v) is 11.0. The van der Waals surface area contributed by atoms with E-state index in [0.717, 1.165) is 29.2 Å². The predicted octanol–water partition coefficient (Wildman–Crippen LogP) is 14.0. The van der Waals surface area contributed by atoms with Crippen molar-refractivity contribution in [1.29, 1.82) is 0 Å². The number of rotatable bonds is 7. The van der Waals surface area contributed by atoms with Crippen LogP contribution in [-0.2, 0) is 0 Å². The summed E-state index contributed by atoms with van der Waals surface area (Å²) in [6.45, 7) is 2.34. The van der Waals surface area contributed by atoms with Crippen LogP contribution in [0.1, 0.15) is 13.3 Å². The molecule has 0 amide bonds. The zero-order valence-electron chi connectivity index (χ0n) is 30.2. The fourth-order valence-corrected chi connectivity index (χ4v) is 8.56. The van der Waals surface area contributed by atoms with Gasteiger partial charge in [0.2, 0.25) is 0 Å². The number of allylic oxidation sites excluding steroid dienone is 2. The molecule has 1 aromatic heterocycles. The molecular weight excluding hydrogens is 655 g/mol. The maximum absolute atomic E-state index is 2.51. The normalized spacial score (nSPS) is 15.4. The Morgan fingerprint density at radius 2 is 0.981 bits per heavy atom. The lowest BCUT2D eigenvalue weighted by molar-refractivity contribution is 0.570. The molecule has 0 saturated heterocycles. The van der Waals surface area contributed by atoms with Crippen molar-refractivity contribution in [3.05, 3.63) is 206 Å². The molecule has 0 saturated carbocycles. The van der Waals surface area contributed by atoms with Crippen LogP contribution in [0.15, 0.2) is 206 Å². The summed E-state index contributed by atoms with van der Waals surface area (Å²) in [4.78, 5) is 4.86. The summed E-state index contributed by atoms with van der Waals surface area (Å²) in [5, 5.41) is 7.40. The third kappa shape index (κ3) is 5.28. The average molecular weight is 694 g/mol. The number of nitrogens with zero attached hydrogens (tertiary/aromatic N) is 3. The first kappa shape index (κ1) is 31.9. The number of hydrogen-bond acceptors (Lipinski definition) is 2. The molecule has 0 N–H and O–H groups in total. The van der Waals surface area contributed by atoms with Gasteiger partial charge >= 0.3 is 0 Å². The average Bonchev–Trinajstić information content (AvgIpc) is 3.55. The third-order valence-electron chi connectivity index (χ3n) is 11.0. The summed E-state index contributed by atoms with van der Waals surface area (Å²) >= 11 is 0. The number of fused-ring (bicyclic) bond motifs is 6. The molecule has 0 radical (unpaired) electrons. The van der Waals surface area contributed by atoms with Gasteiger partial charge in [0.25, 0.3) is 0 Å². The Hall–Kier alpha value is -6.84. The number of hydrogen-bond donors (Lipinski definition) is 0. The molecule has 1 aliphatic rings. The summed E-state index contributed by atoms with van der Waals surface area (Å²) in [5.74, 6) is 0. The van der Waals surface area contributed by atoms with Crippen molar-refractivity contribution in [3.8, 4) is 5.69 Å². The van der Waals surface area contributed by atoms with Crippen LogP contribution in [0, 0.1) is 0 Å². The molecule has 3 nitrogen and oxygen atoms in total. The summed E-state index contributed by atoms with van der Waals surface area (Å²) in [6, 6.07) is 66.2. The van der Waals surface area contributed by atoms with Gasteiger partial charge in [-0.25, -0.2) is 0 Å². The second kappa shape index (κ2) is 13.0. The number of benzene rings is 8. The standard InChI is InChI=1S/C51H39N3/c1-51(32-16-5-17-33-51)54(40-23-10-4-11-24-40)42-29-31-49-47(36-42)46-35-41(52(38-19-6-2-7-20-38)39-21-8-3-9-22-39)28-30-48(46)53(49)50-34-37-18-12-13-25-43(37)44-26-14-15-27-45(44)50/h2-32,34-36H,33H2,1H3. The molecule has 3 heteroatoms. The molecule has 0 aliphatic heterocycles. The van der Waals surface area contributed by atoms with E-state index in [4.69, 9.17) is 0 Å². The second-order valence-electron chi connectivity index (χ2n) is 14.4. The fourth-order valence-electron chi connectivity index (χ4n) is 8.56. The maximum atomic E-state index is 2.51. The van der Waals surface area contributed by atoms with Gasteiger partial charge in [0, 0.05) is 44.6 Å². The van der Waals surface area contributed by atoms with Gasteiger partial charge in [-0.1, -0.05) is 127 Å². The van der Waals surface area contributed by atoms with Gasteiger partial charge in [0.05, 0.1) is 22.3 Å². The Morgan fingerprint density at radius 3 is 1.61 bits per heavy atom. The van der Waals surface area contributed by atoms with E-state index < -0.39 is 0 Å². The second-order valence-corrected chi connectivity index (χ2v) is 14.4. The summed E-state index contributed by atoms with van der Waals surface area (Å²) in [5.41, 5.74) is 8.97. The molecule has 54 heavy (non-hydrogen) atoms. The minimum atomic E-state index is -0.237. The number of para-hydroxylation sites is 3. The molecule has 1 atom stereocenters. The lowest BCUT2D eigenvalue weighted by Crippen LogP contribution is -2.42. The zero-order valence-corrected chi connectivity index (χ0v) is 30.2. The molecule has 0 bridgehead atoms.